The number of carbonyl (C=O) groups is 9. The lowest BCUT2D eigenvalue weighted by molar-refractivity contribution is -0.142. The van der Waals surface area contributed by atoms with E-state index in [1.165, 1.54) is 41.2 Å². The fourth-order valence-electron chi connectivity index (χ4n) is 2.59. The molecule has 0 fully saturated rings. The highest BCUT2D eigenvalue weighted by atomic mass is 16.6. The molecule has 1 N–H and O–H groups in total. The molecule has 19 nitrogen and oxygen atoms in total. The van der Waals surface area contributed by atoms with E-state index in [-0.39, 0.29) is 53.2 Å². The molecule has 19 heteroatoms. The number of carbonyl (C=O) groups excluding carboxylic acids is 9. The van der Waals surface area contributed by atoms with Crippen molar-refractivity contribution >= 4 is 53.5 Å². The number of nitrogens with zero attached hydrogens (tertiary/aromatic N) is 2. The zero-order valence-electron chi connectivity index (χ0n) is 48.1. The van der Waals surface area contributed by atoms with Crippen LogP contribution in [0.2, 0.25) is 0 Å². The van der Waals surface area contributed by atoms with E-state index in [2.05, 4.69) is 88.2 Å². The van der Waals surface area contributed by atoms with Crippen LogP contribution in [0.4, 0.5) is 0 Å². The first-order valence-corrected chi connectivity index (χ1v) is 23.0. The lowest BCUT2D eigenvalue weighted by atomic mass is 10.1. The Balaban J connectivity index is -0.0000000921. The summed E-state index contributed by atoms with van der Waals surface area (Å²) in [6.07, 6.45) is 11.0. The maximum atomic E-state index is 10.9. The Morgan fingerprint density at radius 3 is 1.16 bits per heavy atom. The molecular formula is C55H95N3O16. The van der Waals surface area contributed by atoms with Gasteiger partial charge in [-0.3, -0.25) is 14.4 Å². The molecule has 0 rings (SSSR count). The minimum atomic E-state index is -0.410. The van der Waals surface area contributed by atoms with E-state index in [9.17, 15) is 43.2 Å². The number of unbranched alkanes of at least 4 members (excludes halogenated alkanes) is 1. The smallest absolute Gasteiger partial charge is 0.330 e. The van der Waals surface area contributed by atoms with Gasteiger partial charge in [-0.1, -0.05) is 93.3 Å². The summed E-state index contributed by atoms with van der Waals surface area (Å²) in [5.74, 6) is -1.92. The first kappa shape index (κ1) is 86.6. The number of ether oxygens (including phenoxy) is 7. The van der Waals surface area contributed by atoms with Crippen LogP contribution in [0, 0.1) is 5.92 Å². The molecule has 0 aliphatic carbocycles. The summed E-state index contributed by atoms with van der Waals surface area (Å²) in [6.45, 7) is 52.6. The summed E-state index contributed by atoms with van der Waals surface area (Å²) in [5.41, 5.74) is 0.973. The van der Waals surface area contributed by atoms with Gasteiger partial charge in [0.2, 0.25) is 17.7 Å². The van der Waals surface area contributed by atoms with Crippen molar-refractivity contribution in [1.82, 2.24) is 15.1 Å². The summed E-state index contributed by atoms with van der Waals surface area (Å²) < 4.78 is 31.9. The largest absolute Gasteiger partial charge is 0.466 e. The summed E-state index contributed by atoms with van der Waals surface area (Å²) in [5, 5.41) is 2.78. The number of hydrogen-bond donors (Lipinski definition) is 1. The second-order valence-electron chi connectivity index (χ2n) is 15.8. The van der Waals surface area contributed by atoms with Gasteiger partial charge in [-0.2, -0.15) is 0 Å². The monoisotopic (exact) mass is 1050 g/mol. The highest BCUT2D eigenvalue weighted by Crippen LogP contribution is 2.00. The molecule has 0 aliphatic heterocycles. The fourth-order valence-corrected chi connectivity index (χ4v) is 2.59. The molecule has 0 radical (unpaired) electrons. The van der Waals surface area contributed by atoms with Gasteiger partial charge in [0.05, 0.1) is 39.6 Å². The van der Waals surface area contributed by atoms with Gasteiger partial charge in [0.25, 0.3) is 0 Å². The number of rotatable bonds is 20. The minimum absolute atomic E-state index is 0.00926. The molecule has 0 bridgehead atoms. The topological polar surface area (TPSA) is 237 Å². The normalized spacial score (nSPS) is 9.05. The van der Waals surface area contributed by atoms with E-state index in [0.29, 0.717) is 50.1 Å². The zero-order valence-corrected chi connectivity index (χ0v) is 48.1. The van der Waals surface area contributed by atoms with Crippen LogP contribution in [-0.2, 0) is 76.3 Å². The Hall–Kier alpha value is -7.15. The molecule has 0 aromatic rings. The molecule has 0 saturated carbocycles. The zero-order chi connectivity index (χ0) is 60.4. The Morgan fingerprint density at radius 1 is 0.554 bits per heavy atom. The highest BCUT2D eigenvalue weighted by molar-refractivity contribution is 5.92. The molecule has 0 heterocycles. The van der Waals surface area contributed by atoms with Crippen LogP contribution in [0.5, 0.6) is 0 Å². The average molecular weight is 1050 g/mol. The third-order valence-corrected chi connectivity index (χ3v) is 6.48. The van der Waals surface area contributed by atoms with Gasteiger partial charge in [-0.15, -0.1) is 0 Å². The molecular weight excluding hydrogens is 959 g/mol. The average Bonchev–Trinajstić information content (AvgIpc) is 3.35. The molecule has 426 valence electrons. The van der Waals surface area contributed by atoms with Crippen molar-refractivity contribution in [2.75, 3.05) is 75.4 Å². The van der Waals surface area contributed by atoms with Crippen LogP contribution in [0.3, 0.4) is 0 Å². The summed E-state index contributed by atoms with van der Waals surface area (Å²) in [4.78, 5) is 96.3. The van der Waals surface area contributed by atoms with Crippen LogP contribution < -0.4 is 5.32 Å². The molecule has 0 spiro atoms. The van der Waals surface area contributed by atoms with Gasteiger partial charge in [-0.25, -0.2) is 28.8 Å². The van der Waals surface area contributed by atoms with Crippen LogP contribution in [0.15, 0.2) is 113 Å². The number of amides is 3. The molecule has 1 unspecified atom stereocenters. The molecule has 0 aliphatic rings. The number of likely N-dealkylation sites (N-methyl/N-ethyl adjacent to an activating group) is 2. The van der Waals surface area contributed by atoms with Gasteiger partial charge in [0.1, 0.15) is 6.61 Å². The third-order valence-electron chi connectivity index (χ3n) is 6.48. The second-order valence-corrected chi connectivity index (χ2v) is 15.8. The summed E-state index contributed by atoms with van der Waals surface area (Å²) >= 11 is 0. The van der Waals surface area contributed by atoms with Crippen molar-refractivity contribution in [2.45, 2.75) is 107 Å². The SMILES string of the molecule is C=C(C)C(=O)N(C)C.C=C(C)C(=O)NC(C)(C)C.C=CC(=O)N(C)C.C=CC(=O)OC.C=CC(=O)OC(C)CC.C=CC(=O)OCC.C=CC(=O)OCC(C)C.C=CC(=O)OCCCC.C=CC(=O)OCCOC. The van der Waals surface area contributed by atoms with Crippen molar-refractivity contribution in [2.24, 2.45) is 5.92 Å². The standard InChI is InChI=1S/C8H15NO.3C7H12O2.C6H11NO.C6H10O3.C5H9NO.C5H8O2.C4H6O2/c1-6(2)7(10)9-8(3,4)5;1-4-7(8)9-5-6(2)3;1-4-6(3)9-7(8)5-2;1-3-5-6-9-7(8)4-2;1-5(2)6(8)7(3)4;1-3-6(7)9-5-4-8-2;1-4-5(7)6(2)3;1-3-5(6)7-4-2;1-3-4(5)6-2/h1H2,2-5H3,(H,9,10);4,6H,1,5H2,2-3H3;5-6H,2,4H2,1,3H3;4H,2-3,5-6H2,1H3;1H2,2-4H3;3H,1,4-5H2,2H3;4H,1H2,2-3H3;3H,1,4H2,2H3;3H,1H2,2H3. The first-order chi connectivity index (χ1) is 34.2. The summed E-state index contributed by atoms with van der Waals surface area (Å²) in [7, 11) is 9.63. The highest BCUT2D eigenvalue weighted by Gasteiger charge is 2.13. The van der Waals surface area contributed by atoms with E-state index in [4.69, 9.17) is 9.47 Å². The first-order valence-electron chi connectivity index (χ1n) is 23.0. The molecule has 3 amide bonds. The number of hydrogen-bond acceptors (Lipinski definition) is 16. The van der Waals surface area contributed by atoms with Crippen molar-refractivity contribution in [3.05, 3.63) is 113 Å². The van der Waals surface area contributed by atoms with Crippen molar-refractivity contribution < 1.29 is 76.3 Å². The van der Waals surface area contributed by atoms with Crippen LogP contribution in [0.1, 0.15) is 95.4 Å². The van der Waals surface area contributed by atoms with Gasteiger partial charge >= 0.3 is 35.8 Å². The molecule has 0 aromatic heterocycles. The quantitative estimate of drug-likeness (QED) is 0.0523. The van der Waals surface area contributed by atoms with Crippen molar-refractivity contribution in [1.29, 1.82) is 0 Å². The van der Waals surface area contributed by atoms with Crippen molar-refractivity contribution in [3.63, 3.8) is 0 Å². The lowest BCUT2D eigenvalue weighted by Crippen LogP contribution is -2.40. The Kier molecular flexibility index (Phi) is 72.5. The van der Waals surface area contributed by atoms with Gasteiger partial charge in [0, 0.05) is 88.4 Å². The van der Waals surface area contributed by atoms with Gasteiger partial charge in [0.15, 0.2) is 0 Å². The van der Waals surface area contributed by atoms with E-state index < -0.39 is 11.9 Å². The Morgan fingerprint density at radius 2 is 0.959 bits per heavy atom. The summed E-state index contributed by atoms with van der Waals surface area (Å²) in [6, 6.07) is 0. The number of nitrogens with one attached hydrogen (secondary N) is 1. The van der Waals surface area contributed by atoms with Crippen LogP contribution in [-0.4, -0.2) is 150 Å². The number of methoxy groups -OCH3 is 2. The van der Waals surface area contributed by atoms with Gasteiger partial charge in [-0.05, 0) is 73.3 Å². The predicted octanol–water partition coefficient (Wildman–Crippen LogP) is 8.23. The maximum Gasteiger partial charge on any atom is 0.330 e. The Bertz CT molecular complexity index is 1650. The Labute approximate surface area is 445 Å². The van der Waals surface area contributed by atoms with Crippen molar-refractivity contribution in [3.8, 4) is 0 Å². The van der Waals surface area contributed by atoms with Crippen LogP contribution >= 0.6 is 0 Å². The van der Waals surface area contributed by atoms with E-state index >= 15 is 0 Å². The van der Waals surface area contributed by atoms with Gasteiger partial charge < -0.3 is 48.3 Å². The lowest BCUT2D eigenvalue weighted by Gasteiger charge is -2.20. The number of esters is 6. The second kappa shape index (κ2) is 62.0. The van der Waals surface area contributed by atoms with E-state index in [0.717, 1.165) is 37.5 Å². The third kappa shape index (κ3) is 91.2. The van der Waals surface area contributed by atoms with E-state index in [1.807, 2.05) is 55.4 Å². The molecule has 0 saturated heterocycles. The van der Waals surface area contributed by atoms with Crippen LogP contribution in [0.25, 0.3) is 0 Å². The fraction of sp³-hybridized carbons (Fsp3) is 0.509. The minimum Gasteiger partial charge on any atom is -0.466 e. The molecule has 1 atom stereocenters. The molecule has 0 aromatic carbocycles. The predicted molar refractivity (Wildman–Crippen MR) is 295 cm³/mol. The maximum absolute atomic E-state index is 10.9. The molecule has 74 heavy (non-hydrogen) atoms. The van der Waals surface area contributed by atoms with E-state index in [1.54, 1.807) is 56.1 Å².